The van der Waals surface area contributed by atoms with Gasteiger partial charge in [-0.25, -0.2) is 0 Å². The molecule has 3 aliphatic rings. The lowest BCUT2D eigenvalue weighted by Crippen LogP contribution is -2.41. The highest BCUT2D eigenvalue weighted by Gasteiger charge is 2.36. The molecule has 0 N–H and O–H groups in total. The SMILES string of the molecule is O=C(c1cccc2c1OCCO2)N1CCCC1C1CCCCC1. The summed E-state index contributed by atoms with van der Waals surface area (Å²) < 4.78 is 11.4. The van der Waals surface area contributed by atoms with E-state index in [1.165, 1.54) is 32.1 Å². The number of benzene rings is 1. The van der Waals surface area contributed by atoms with Crippen molar-refractivity contribution < 1.29 is 14.3 Å². The monoisotopic (exact) mass is 315 g/mol. The van der Waals surface area contributed by atoms with Gasteiger partial charge in [0.05, 0.1) is 5.56 Å². The average Bonchev–Trinajstić information content (AvgIpc) is 3.11. The number of amides is 1. The molecule has 1 saturated carbocycles. The van der Waals surface area contributed by atoms with Gasteiger partial charge in [0, 0.05) is 12.6 Å². The molecular formula is C19H25NO3. The van der Waals surface area contributed by atoms with Gasteiger partial charge in [0.25, 0.3) is 5.91 Å². The van der Waals surface area contributed by atoms with Gasteiger partial charge in [-0.2, -0.15) is 0 Å². The summed E-state index contributed by atoms with van der Waals surface area (Å²) in [6.45, 7) is 1.95. The molecule has 0 bridgehead atoms. The molecule has 0 radical (unpaired) electrons. The number of para-hydroxylation sites is 1. The first-order valence-corrected chi connectivity index (χ1v) is 9.04. The highest BCUT2D eigenvalue weighted by atomic mass is 16.6. The predicted molar refractivity (Wildman–Crippen MR) is 88.1 cm³/mol. The number of fused-ring (bicyclic) bond motifs is 1. The minimum atomic E-state index is 0.125. The lowest BCUT2D eigenvalue weighted by molar-refractivity contribution is 0.0652. The van der Waals surface area contributed by atoms with E-state index in [9.17, 15) is 4.79 Å². The maximum absolute atomic E-state index is 13.2. The van der Waals surface area contributed by atoms with Crippen LogP contribution in [0.5, 0.6) is 11.5 Å². The fraction of sp³-hybridized carbons (Fsp3) is 0.632. The van der Waals surface area contributed by atoms with Crippen molar-refractivity contribution in [2.24, 2.45) is 5.92 Å². The molecule has 1 saturated heterocycles. The normalized spacial score (nSPS) is 24.7. The lowest BCUT2D eigenvalue weighted by atomic mass is 9.83. The summed E-state index contributed by atoms with van der Waals surface area (Å²) in [5.74, 6) is 2.15. The molecule has 1 aromatic rings. The second-order valence-electron chi connectivity index (χ2n) is 6.94. The van der Waals surface area contributed by atoms with Crippen LogP contribution in [0.15, 0.2) is 18.2 Å². The number of hydrogen-bond donors (Lipinski definition) is 0. The lowest BCUT2D eigenvalue weighted by Gasteiger charge is -2.34. The zero-order valence-electron chi connectivity index (χ0n) is 13.6. The fourth-order valence-corrected chi connectivity index (χ4v) is 4.45. The minimum Gasteiger partial charge on any atom is -0.486 e. The molecule has 4 rings (SSSR count). The van der Waals surface area contributed by atoms with Crippen molar-refractivity contribution in [2.75, 3.05) is 19.8 Å². The first-order valence-electron chi connectivity index (χ1n) is 9.04. The van der Waals surface area contributed by atoms with Crippen LogP contribution in [0.3, 0.4) is 0 Å². The van der Waals surface area contributed by atoms with Crippen molar-refractivity contribution in [1.82, 2.24) is 4.90 Å². The van der Waals surface area contributed by atoms with E-state index in [-0.39, 0.29) is 5.91 Å². The molecule has 2 heterocycles. The molecule has 1 atom stereocenters. The Balaban J connectivity index is 1.58. The zero-order valence-corrected chi connectivity index (χ0v) is 13.6. The first-order chi connectivity index (χ1) is 11.3. The van der Waals surface area contributed by atoms with Crippen molar-refractivity contribution >= 4 is 5.91 Å². The number of carbonyl (C=O) groups is 1. The minimum absolute atomic E-state index is 0.125. The summed E-state index contributed by atoms with van der Waals surface area (Å²) in [5.41, 5.74) is 0.671. The maximum Gasteiger partial charge on any atom is 0.258 e. The van der Waals surface area contributed by atoms with Crippen LogP contribution in [0.25, 0.3) is 0 Å². The number of rotatable bonds is 2. The van der Waals surface area contributed by atoms with E-state index in [1.54, 1.807) is 0 Å². The van der Waals surface area contributed by atoms with Crippen molar-refractivity contribution in [2.45, 2.75) is 51.0 Å². The van der Waals surface area contributed by atoms with Crippen molar-refractivity contribution in [3.63, 3.8) is 0 Å². The van der Waals surface area contributed by atoms with E-state index >= 15 is 0 Å². The molecule has 1 aromatic carbocycles. The molecule has 4 heteroatoms. The van der Waals surface area contributed by atoms with Crippen LogP contribution in [0, 0.1) is 5.92 Å². The summed E-state index contributed by atoms with van der Waals surface area (Å²) >= 11 is 0. The molecule has 1 aliphatic carbocycles. The third-order valence-corrected chi connectivity index (χ3v) is 5.55. The second-order valence-corrected chi connectivity index (χ2v) is 6.94. The number of hydrogen-bond acceptors (Lipinski definition) is 3. The summed E-state index contributed by atoms with van der Waals surface area (Å²) in [6.07, 6.45) is 8.83. The second kappa shape index (κ2) is 6.42. The van der Waals surface area contributed by atoms with E-state index in [4.69, 9.17) is 9.47 Å². The Morgan fingerprint density at radius 2 is 1.83 bits per heavy atom. The topological polar surface area (TPSA) is 38.8 Å². The quantitative estimate of drug-likeness (QED) is 0.836. The van der Waals surface area contributed by atoms with Crippen LogP contribution in [0.1, 0.15) is 55.3 Å². The molecule has 1 amide bonds. The van der Waals surface area contributed by atoms with E-state index in [2.05, 4.69) is 4.90 Å². The largest absolute Gasteiger partial charge is 0.486 e. The van der Waals surface area contributed by atoms with Crippen LogP contribution >= 0.6 is 0 Å². The van der Waals surface area contributed by atoms with Gasteiger partial charge in [0.15, 0.2) is 11.5 Å². The van der Waals surface area contributed by atoms with Gasteiger partial charge in [-0.05, 0) is 43.7 Å². The van der Waals surface area contributed by atoms with Gasteiger partial charge >= 0.3 is 0 Å². The van der Waals surface area contributed by atoms with Gasteiger partial charge in [-0.15, -0.1) is 0 Å². The molecule has 4 nitrogen and oxygen atoms in total. The smallest absolute Gasteiger partial charge is 0.258 e. The highest BCUT2D eigenvalue weighted by molar-refractivity contribution is 5.98. The molecule has 2 fully saturated rings. The van der Waals surface area contributed by atoms with E-state index in [0.717, 1.165) is 19.4 Å². The highest BCUT2D eigenvalue weighted by Crippen LogP contribution is 2.38. The van der Waals surface area contributed by atoms with Crippen LogP contribution in [0.2, 0.25) is 0 Å². The first kappa shape index (κ1) is 14.9. The van der Waals surface area contributed by atoms with Gasteiger partial charge in [-0.1, -0.05) is 25.3 Å². The number of likely N-dealkylation sites (tertiary alicyclic amines) is 1. The van der Waals surface area contributed by atoms with E-state index in [1.807, 2.05) is 18.2 Å². The average molecular weight is 315 g/mol. The van der Waals surface area contributed by atoms with Crippen molar-refractivity contribution in [1.29, 1.82) is 0 Å². The van der Waals surface area contributed by atoms with Gasteiger partial charge in [0.2, 0.25) is 0 Å². The molecule has 1 unspecified atom stereocenters. The van der Waals surface area contributed by atoms with Gasteiger partial charge in [-0.3, -0.25) is 4.79 Å². The molecular weight excluding hydrogens is 290 g/mol. The molecule has 0 aromatic heterocycles. The van der Waals surface area contributed by atoms with Gasteiger partial charge < -0.3 is 14.4 Å². The van der Waals surface area contributed by atoms with Crippen molar-refractivity contribution in [3.05, 3.63) is 23.8 Å². The molecule has 124 valence electrons. The number of nitrogens with zero attached hydrogens (tertiary/aromatic N) is 1. The molecule has 2 aliphatic heterocycles. The van der Waals surface area contributed by atoms with E-state index in [0.29, 0.717) is 42.2 Å². The predicted octanol–water partition coefficient (Wildman–Crippen LogP) is 3.64. The van der Waals surface area contributed by atoms with Gasteiger partial charge in [0.1, 0.15) is 13.2 Å². The van der Waals surface area contributed by atoms with Crippen molar-refractivity contribution in [3.8, 4) is 11.5 Å². The Bertz CT molecular complexity index is 580. The summed E-state index contributed by atoms with van der Waals surface area (Å²) in [4.78, 5) is 15.3. The van der Waals surface area contributed by atoms with E-state index < -0.39 is 0 Å². The Labute approximate surface area is 137 Å². The van der Waals surface area contributed by atoms with Crippen LogP contribution in [-0.2, 0) is 0 Å². The Morgan fingerprint density at radius 3 is 2.70 bits per heavy atom. The summed E-state index contributed by atoms with van der Waals surface area (Å²) in [6, 6.07) is 6.08. The summed E-state index contributed by atoms with van der Waals surface area (Å²) in [7, 11) is 0. The Kier molecular flexibility index (Phi) is 4.15. The standard InChI is InChI=1S/C19H25NO3/c21-19(15-8-4-10-17-18(15)23-13-12-22-17)20-11-5-9-16(20)14-6-2-1-3-7-14/h4,8,10,14,16H,1-3,5-7,9,11-13H2. The third-order valence-electron chi connectivity index (χ3n) is 5.55. The molecule has 23 heavy (non-hydrogen) atoms. The molecule has 0 spiro atoms. The van der Waals surface area contributed by atoms with Crippen LogP contribution in [-0.4, -0.2) is 36.6 Å². The Morgan fingerprint density at radius 1 is 1.00 bits per heavy atom. The third kappa shape index (κ3) is 2.79. The van der Waals surface area contributed by atoms with Crippen LogP contribution in [0.4, 0.5) is 0 Å². The Hall–Kier alpha value is -1.71. The zero-order chi connectivity index (χ0) is 15.6. The summed E-state index contributed by atoms with van der Waals surface area (Å²) in [5, 5.41) is 0. The number of carbonyl (C=O) groups excluding carboxylic acids is 1. The maximum atomic E-state index is 13.2. The number of ether oxygens (including phenoxy) is 2. The van der Waals surface area contributed by atoms with Crippen LogP contribution < -0.4 is 9.47 Å². The fourth-order valence-electron chi connectivity index (χ4n) is 4.45.